The Morgan fingerprint density at radius 1 is 1.47 bits per heavy atom. The number of hydrogen-bond acceptors (Lipinski definition) is 4. The summed E-state index contributed by atoms with van der Waals surface area (Å²) < 4.78 is 21.8. The van der Waals surface area contributed by atoms with Crippen molar-refractivity contribution >= 4 is 27.1 Å². The average molecular weight is 273 g/mol. The molecule has 17 heavy (non-hydrogen) atoms. The van der Waals surface area contributed by atoms with Crippen molar-refractivity contribution in [2.45, 2.75) is 6.42 Å². The number of benzene rings is 1. The van der Waals surface area contributed by atoms with Crippen LogP contribution in [0.1, 0.15) is 12.0 Å². The molecule has 0 aliphatic heterocycles. The predicted molar refractivity (Wildman–Crippen MR) is 69.0 cm³/mol. The van der Waals surface area contributed by atoms with E-state index in [2.05, 4.69) is 5.32 Å². The maximum Gasteiger partial charge on any atom is 0.147 e. The monoisotopic (exact) mass is 272 g/mol. The molecule has 0 aliphatic rings. The zero-order chi connectivity index (χ0) is 12.9. The van der Waals surface area contributed by atoms with Gasteiger partial charge in [-0.05, 0) is 24.6 Å². The summed E-state index contributed by atoms with van der Waals surface area (Å²) in [4.78, 5) is 0. The third-order valence-electron chi connectivity index (χ3n) is 2.10. The van der Waals surface area contributed by atoms with E-state index in [0.717, 1.165) is 0 Å². The highest BCUT2D eigenvalue weighted by Gasteiger charge is 2.03. The lowest BCUT2D eigenvalue weighted by molar-refractivity contribution is 0.600. The summed E-state index contributed by atoms with van der Waals surface area (Å²) in [6, 6.07) is 6.92. The zero-order valence-corrected chi connectivity index (χ0v) is 11.0. The van der Waals surface area contributed by atoms with Crippen LogP contribution in [0.25, 0.3) is 0 Å². The normalized spacial score (nSPS) is 10.9. The Kier molecular flexibility index (Phi) is 4.79. The molecule has 0 heterocycles. The van der Waals surface area contributed by atoms with Gasteiger partial charge in [0.25, 0.3) is 0 Å². The number of rotatable bonds is 5. The highest BCUT2D eigenvalue weighted by atomic mass is 35.5. The molecule has 0 unspecified atom stereocenters. The van der Waals surface area contributed by atoms with Gasteiger partial charge in [0.15, 0.2) is 0 Å². The van der Waals surface area contributed by atoms with E-state index in [0.29, 0.717) is 29.2 Å². The molecule has 92 valence electrons. The van der Waals surface area contributed by atoms with E-state index in [-0.39, 0.29) is 5.75 Å². The van der Waals surface area contributed by atoms with Gasteiger partial charge in [0, 0.05) is 12.8 Å². The van der Waals surface area contributed by atoms with E-state index in [1.54, 1.807) is 18.2 Å². The van der Waals surface area contributed by atoms with Gasteiger partial charge in [-0.1, -0.05) is 11.6 Å². The first-order chi connectivity index (χ1) is 7.92. The SMILES string of the molecule is CS(=O)(=O)CCCNc1cc(C#N)ccc1Cl. The Morgan fingerprint density at radius 2 is 2.18 bits per heavy atom. The second-order valence-electron chi connectivity index (χ2n) is 3.72. The van der Waals surface area contributed by atoms with Crippen molar-refractivity contribution in [2.75, 3.05) is 23.9 Å². The van der Waals surface area contributed by atoms with Gasteiger partial charge in [0.05, 0.1) is 28.1 Å². The molecule has 4 nitrogen and oxygen atoms in total. The number of anilines is 1. The maximum atomic E-state index is 10.9. The molecule has 6 heteroatoms. The molecular formula is C11H13ClN2O2S. The highest BCUT2D eigenvalue weighted by molar-refractivity contribution is 7.90. The van der Waals surface area contributed by atoms with Crippen LogP contribution >= 0.6 is 11.6 Å². The van der Waals surface area contributed by atoms with E-state index < -0.39 is 9.84 Å². The van der Waals surface area contributed by atoms with Gasteiger partial charge >= 0.3 is 0 Å². The lowest BCUT2D eigenvalue weighted by atomic mass is 10.2. The summed E-state index contributed by atoms with van der Waals surface area (Å²) in [7, 11) is -2.93. The fourth-order valence-electron chi connectivity index (χ4n) is 1.29. The number of nitrogens with one attached hydrogen (secondary N) is 1. The molecule has 0 fully saturated rings. The first kappa shape index (κ1) is 13.8. The molecule has 0 atom stereocenters. The fourth-order valence-corrected chi connectivity index (χ4v) is 2.14. The highest BCUT2D eigenvalue weighted by Crippen LogP contribution is 2.22. The molecule has 1 rings (SSSR count). The average Bonchev–Trinajstić information content (AvgIpc) is 2.25. The van der Waals surface area contributed by atoms with Gasteiger partial charge in [0.1, 0.15) is 9.84 Å². The van der Waals surface area contributed by atoms with E-state index >= 15 is 0 Å². The molecule has 1 aromatic rings. The molecule has 0 bridgehead atoms. The Labute approximate surface area is 106 Å². The molecule has 0 aliphatic carbocycles. The molecule has 0 saturated heterocycles. The van der Waals surface area contributed by atoms with Crippen LogP contribution in [0.15, 0.2) is 18.2 Å². The van der Waals surface area contributed by atoms with Gasteiger partial charge < -0.3 is 5.32 Å². The van der Waals surface area contributed by atoms with Gasteiger partial charge in [-0.3, -0.25) is 0 Å². The standard InChI is InChI=1S/C11H13ClN2O2S/c1-17(15,16)6-2-5-14-11-7-9(8-13)3-4-10(11)12/h3-4,7,14H,2,5-6H2,1H3. The fraction of sp³-hybridized carbons (Fsp3) is 0.364. The van der Waals surface area contributed by atoms with E-state index in [1.165, 1.54) is 6.26 Å². The van der Waals surface area contributed by atoms with Crippen molar-refractivity contribution in [2.24, 2.45) is 0 Å². The van der Waals surface area contributed by atoms with Crippen molar-refractivity contribution in [3.05, 3.63) is 28.8 Å². The van der Waals surface area contributed by atoms with E-state index in [1.807, 2.05) is 6.07 Å². The third kappa shape index (κ3) is 5.07. The minimum atomic E-state index is -2.93. The number of nitriles is 1. The van der Waals surface area contributed by atoms with Crippen LogP contribution in [0, 0.1) is 11.3 Å². The summed E-state index contributed by atoms with van der Waals surface area (Å²) in [5.74, 6) is 0.134. The van der Waals surface area contributed by atoms with Crippen LogP contribution < -0.4 is 5.32 Å². The van der Waals surface area contributed by atoms with Gasteiger partial charge in [0.2, 0.25) is 0 Å². The lowest BCUT2D eigenvalue weighted by Gasteiger charge is -2.08. The van der Waals surface area contributed by atoms with Gasteiger partial charge in [-0.2, -0.15) is 5.26 Å². The topological polar surface area (TPSA) is 70.0 Å². The molecule has 0 saturated carbocycles. The van der Waals surface area contributed by atoms with Crippen molar-refractivity contribution in [3.63, 3.8) is 0 Å². The van der Waals surface area contributed by atoms with E-state index in [4.69, 9.17) is 16.9 Å². The van der Waals surface area contributed by atoms with Crippen LogP contribution in [0.2, 0.25) is 5.02 Å². The van der Waals surface area contributed by atoms with Crippen LogP contribution in [0.3, 0.4) is 0 Å². The first-order valence-corrected chi connectivity index (χ1v) is 7.47. The van der Waals surface area contributed by atoms with Gasteiger partial charge in [-0.15, -0.1) is 0 Å². The number of halogens is 1. The second-order valence-corrected chi connectivity index (χ2v) is 6.38. The molecule has 0 aromatic heterocycles. The molecule has 0 amide bonds. The Hall–Kier alpha value is -1.25. The Bertz CT molecular complexity index is 535. The van der Waals surface area contributed by atoms with E-state index in [9.17, 15) is 8.42 Å². The van der Waals surface area contributed by atoms with Crippen molar-refractivity contribution in [1.82, 2.24) is 0 Å². The minimum Gasteiger partial charge on any atom is -0.384 e. The summed E-state index contributed by atoms with van der Waals surface area (Å²) in [6.07, 6.45) is 1.71. The van der Waals surface area contributed by atoms with Gasteiger partial charge in [-0.25, -0.2) is 8.42 Å². The summed E-state index contributed by atoms with van der Waals surface area (Å²) in [5.41, 5.74) is 1.17. The lowest BCUT2D eigenvalue weighted by Crippen LogP contribution is -2.10. The summed E-state index contributed by atoms with van der Waals surface area (Å²) in [6.45, 7) is 0.502. The molecule has 0 spiro atoms. The molecular weight excluding hydrogens is 260 g/mol. The smallest absolute Gasteiger partial charge is 0.147 e. The largest absolute Gasteiger partial charge is 0.384 e. The third-order valence-corrected chi connectivity index (χ3v) is 3.46. The first-order valence-electron chi connectivity index (χ1n) is 5.03. The summed E-state index contributed by atoms with van der Waals surface area (Å²) >= 11 is 5.93. The Balaban J connectivity index is 2.55. The predicted octanol–water partition coefficient (Wildman–Crippen LogP) is 2.06. The molecule has 1 aromatic carbocycles. The number of hydrogen-bond donors (Lipinski definition) is 1. The van der Waals surface area contributed by atoms with Crippen molar-refractivity contribution in [3.8, 4) is 6.07 Å². The van der Waals surface area contributed by atoms with Crippen LogP contribution in [-0.2, 0) is 9.84 Å². The van der Waals surface area contributed by atoms with Crippen molar-refractivity contribution in [1.29, 1.82) is 5.26 Å². The zero-order valence-electron chi connectivity index (χ0n) is 9.40. The number of nitrogens with zero attached hydrogens (tertiary/aromatic N) is 1. The maximum absolute atomic E-state index is 10.9. The molecule has 1 N–H and O–H groups in total. The summed E-state index contributed by atoms with van der Waals surface area (Å²) in [5, 5.41) is 12.3. The Morgan fingerprint density at radius 3 is 2.76 bits per heavy atom. The molecule has 0 radical (unpaired) electrons. The number of sulfone groups is 1. The minimum absolute atomic E-state index is 0.134. The van der Waals surface area contributed by atoms with Crippen LogP contribution in [-0.4, -0.2) is 27.0 Å². The van der Waals surface area contributed by atoms with Crippen LogP contribution in [0.4, 0.5) is 5.69 Å². The van der Waals surface area contributed by atoms with Crippen LogP contribution in [0.5, 0.6) is 0 Å². The quantitative estimate of drug-likeness (QED) is 0.833. The van der Waals surface area contributed by atoms with Crippen molar-refractivity contribution < 1.29 is 8.42 Å². The second kappa shape index (κ2) is 5.89.